The summed E-state index contributed by atoms with van der Waals surface area (Å²) in [7, 11) is -3.65. The van der Waals surface area contributed by atoms with Crippen molar-refractivity contribution in [1.82, 2.24) is 4.31 Å². The molecule has 3 rings (SSSR count). The molecule has 1 amide bonds. The summed E-state index contributed by atoms with van der Waals surface area (Å²) in [4.78, 5) is 12.5. The molecule has 2 aromatic rings. The van der Waals surface area contributed by atoms with E-state index in [4.69, 9.17) is 23.2 Å². The van der Waals surface area contributed by atoms with Crippen molar-refractivity contribution in [3.05, 3.63) is 63.9 Å². The van der Waals surface area contributed by atoms with E-state index in [1.165, 1.54) is 28.6 Å². The van der Waals surface area contributed by atoms with Crippen LogP contribution < -0.4 is 5.32 Å². The van der Waals surface area contributed by atoms with Crippen LogP contribution in [0.4, 0.5) is 10.1 Å². The minimum absolute atomic E-state index is 0.139. The van der Waals surface area contributed by atoms with E-state index in [9.17, 15) is 17.6 Å². The van der Waals surface area contributed by atoms with Gasteiger partial charge in [-0.2, -0.15) is 0 Å². The SMILES string of the molecule is O=C(Nc1ccc(Cl)cc1Cl)C1CCN(S(=O)(=O)Cc2ccccc2F)CC1. The molecule has 1 saturated heterocycles. The maximum atomic E-state index is 13.8. The van der Waals surface area contributed by atoms with Crippen molar-refractivity contribution in [2.45, 2.75) is 18.6 Å². The highest BCUT2D eigenvalue weighted by molar-refractivity contribution is 7.88. The molecule has 0 aliphatic carbocycles. The number of rotatable bonds is 5. The molecule has 9 heteroatoms. The second kappa shape index (κ2) is 8.78. The van der Waals surface area contributed by atoms with Crippen molar-refractivity contribution >= 4 is 44.8 Å². The number of carbonyl (C=O) groups is 1. The van der Waals surface area contributed by atoms with Gasteiger partial charge in [-0.15, -0.1) is 0 Å². The maximum absolute atomic E-state index is 13.8. The van der Waals surface area contributed by atoms with Crippen LogP contribution in [0.2, 0.25) is 10.0 Å². The van der Waals surface area contributed by atoms with Crippen molar-refractivity contribution in [1.29, 1.82) is 0 Å². The van der Waals surface area contributed by atoms with Gasteiger partial charge in [0, 0.05) is 29.6 Å². The third kappa shape index (κ3) is 5.03. The summed E-state index contributed by atoms with van der Waals surface area (Å²) in [5, 5.41) is 3.57. The summed E-state index contributed by atoms with van der Waals surface area (Å²) >= 11 is 11.9. The van der Waals surface area contributed by atoms with Crippen LogP contribution in [0.3, 0.4) is 0 Å². The first kappa shape index (κ1) is 21.0. The van der Waals surface area contributed by atoms with E-state index in [0.717, 1.165) is 0 Å². The molecule has 2 aromatic carbocycles. The van der Waals surface area contributed by atoms with Gasteiger partial charge in [-0.25, -0.2) is 17.1 Å². The van der Waals surface area contributed by atoms with E-state index in [2.05, 4.69) is 5.32 Å². The molecule has 28 heavy (non-hydrogen) atoms. The molecule has 0 saturated carbocycles. The Hall–Kier alpha value is -1.67. The molecule has 0 spiro atoms. The Morgan fingerprint density at radius 3 is 2.46 bits per heavy atom. The maximum Gasteiger partial charge on any atom is 0.227 e. The molecule has 1 aliphatic heterocycles. The number of piperidine rings is 1. The molecular formula is C19H19Cl2FN2O3S. The average Bonchev–Trinajstić information content (AvgIpc) is 2.66. The van der Waals surface area contributed by atoms with Gasteiger partial charge < -0.3 is 5.32 Å². The lowest BCUT2D eigenvalue weighted by Gasteiger charge is -2.30. The van der Waals surface area contributed by atoms with Gasteiger partial charge in [0.25, 0.3) is 0 Å². The molecule has 0 aromatic heterocycles. The zero-order valence-electron chi connectivity index (χ0n) is 14.9. The highest BCUT2D eigenvalue weighted by atomic mass is 35.5. The fourth-order valence-electron chi connectivity index (χ4n) is 3.13. The van der Waals surface area contributed by atoms with Crippen molar-refractivity contribution < 1.29 is 17.6 Å². The van der Waals surface area contributed by atoms with E-state index in [0.29, 0.717) is 28.6 Å². The highest BCUT2D eigenvalue weighted by Crippen LogP contribution is 2.28. The number of nitrogens with zero attached hydrogens (tertiary/aromatic N) is 1. The van der Waals surface area contributed by atoms with E-state index in [1.54, 1.807) is 18.2 Å². The van der Waals surface area contributed by atoms with Gasteiger partial charge in [-0.05, 0) is 37.1 Å². The Labute approximate surface area is 173 Å². The smallest absolute Gasteiger partial charge is 0.227 e. The zero-order chi connectivity index (χ0) is 20.3. The fraction of sp³-hybridized carbons (Fsp3) is 0.316. The average molecular weight is 445 g/mol. The normalized spacial score (nSPS) is 16.1. The Bertz CT molecular complexity index is 977. The lowest BCUT2D eigenvalue weighted by molar-refractivity contribution is -0.120. The number of sulfonamides is 1. The van der Waals surface area contributed by atoms with Gasteiger partial charge in [0.05, 0.1) is 16.5 Å². The summed E-state index contributed by atoms with van der Waals surface area (Å²) in [5.74, 6) is -1.47. The van der Waals surface area contributed by atoms with Gasteiger partial charge in [0.15, 0.2) is 0 Å². The van der Waals surface area contributed by atoms with Gasteiger partial charge in [-0.1, -0.05) is 41.4 Å². The van der Waals surface area contributed by atoms with Crippen molar-refractivity contribution in [2.24, 2.45) is 5.92 Å². The standard InChI is InChI=1S/C19H19Cl2FN2O3S/c20-15-5-6-18(16(21)11-15)23-19(25)13-7-9-24(10-8-13)28(26,27)12-14-3-1-2-4-17(14)22/h1-6,11,13H,7-10,12H2,(H,23,25). The summed E-state index contributed by atoms with van der Waals surface area (Å²) in [6, 6.07) is 10.6. The van der Waals surface area contributed by atoms with E-state index < -0.39 is 21.6 Å². The molecular weight excluding hydrogens is 426 g/mol. The number of halogens is 3. The van der Waals surface area contributed by atoms with Crippen LogP contribution >= 0.6 is 23.2 Å². The Morgan fingerprint density at radius 1 is 1.14 bits per heavy atom. The summed E-state index contributed by atoms with van der Waals surface area (Å²) < 4.78 is 40.2. The van der Waals surface area contributed by atoms with Crippen LogP contribution in [0.15, 0.2) is 42.5 Å². The minimum atomic E-state index is -3.65. The lowest BCUT2D eigenvalue weighted by atomic mass is 9.97. The molecule has 1 heterocycles. The number of benzene rings is 2. The molecule has 0 unspecified atom stereocenters. The van der Waals surface area contributed by atoms with Crippen LogP contribution in [0.25, 0.3) is 0 Å². The molecule has 150 valence electrons. The van der Waals surface area contributed by atoms with Crippen LogP contribution in [0.1, 0.15) is 18.4 Å². The second-order valence-electron chi connectivity index (χ2n) is 6.63. The number of nitrogens with one attached hydrogen (secondary N) is 1. The first-order valence-corrected chi connectivity index (χ1v) is 11.1. The summed E-state index contributed by atoms with van der Waals surface area (Å²) in [5.41, 5.74) is 0.602. The van der Waals surface area contributed by atoms with Crippen LogP contribution in [0.5, 0.6) is 0 Å². The third-order valence-corrected chi connectivity index (χ3v) is 7.08. The fourth-order valence-corrected chi connectivity index (χ4v) is 5.16. The minimum Gasteiger partial charge on any atom is -0.325 e. The third-order valence-electron chi connectivity index (χ3n) is 4.70. The quantitative estimate of drug-likeness (QED) is 0.746. The van der Waals surface area contributed by atoms with Gasteiger partial charge in [-0.3, -0.25) is 4.79 Å². The summed E-state index contributed by atoms with van der Waals surface area (Å²) in [6.07, 6.45) is 0.765. The Kier molecular flexibility index (Phi) is 6.60. The van der Waals surface area contributed by atoms with Gasteiger partial charge in [0.2, 0.25) is 15.9 Å². The van der Waals surface area contributed by atoms with E-state index >= 15 is 0 Å². The largest absolute Gasteiger partial charge is 0.325 e. The molecule has 1 aliphatic rings. The van der Waals surface area contributed by atoms with Crippen molar-refractivity contribution in [3.63, 3.8) is 0 Å². The van der Waals surface area contributed by atoms with Gasteiger partial charge in [0.1, 0.15) is 5.82 Å². The van der Waals surface area contributed by atoms with Crippen LogP contribution in [-0.2, 0) is 20.6 Å². The number of anilines is 1. The number of amides is 1. The van der Waals surface area contributed by atoms with Crippen molar-refractivity contribution in [3.8, 4) is 0 Å². The molecule has 5 nitrogen and oxygen atoms in total. The second-order valence-corrected chi connectivity index (χ2v) is 9.45. The molecule has 0 bridgehead atoms. The van der Waals surface area contributed by atoms with Gasteiger partial charge >= 0.3 is 0 Å². The molecule has 1 fully saturated rings. The first-order valence-electron chi connectivity index (χ1n) is 8.73. The lowest BCUT2D eigenvalue weighted by Crippen LogP contribution is -2.42. The van der Waals surface area contributed by atoms with E-state index in [-0.39, 0.29) is 30.5 Å². The monoisotopic (exact) mass is 444 g/mol. The predicted molar refractivity (Wildman–Crippen MR) is 108 cm³/mol. The molecule has 0 atom stereocenters. The van der Waals surface area contributed by atoms with Crippen molar-refractivity contribution in [2.75, 3.05) is 18.4 Å². The predicted octanol–water partition coefficient (Wildman–Crippen LogP) is 4.31. The highest BCUT2D eigenvalue weighted by Gasteiger charge is 2.31. The van der Waals surface area contributed by atoms with Crippen LogP contribution in [-0.4, -0.2) is 31.7 Å². The molecule has 1 N–H and O–H groups in total. The molecule has 0 radical (unpaired) electrons. The Morgan fingerprint density at radius 2 is 1.82 bits per heavy atom. The number of hydrogen-bond acceptors (Lipinski definition) is 3. The summed E-state index contributed by atoms with van der Waals surface area (Å²) in [6.45, 7) is 0.423. The zero-order valence-corrected chi connectivity index (χ0v) is 17.2. The Balaban J connectivity index is 1.59. The number of carbonyl (C=O) groups excluding carboxylic acids is 1. The van der Waals surface area contributed by atoms with E-state index in [1.807, 2.05) is 0 Å². The number of hydrogen-bond donors (Lipinski definition) is 1. The topological polar surface area (TPSA) is 66.5 Å². The van der Waals surface area contributed by atoms with Crippen LogP contribution in [0, 0.1) is 11.7 Å². The first-order chi connectivity index (χ1) is 13.3.